The van der Waals surface area contributed by atoms with Crippen LogP contribution in [0, 0.1) is 0 Å². The minimum absolute atomic E-state index is 0.00754. The average Bonchev–Trinajstić information content (AvgIpc) is 3.10. The maximum Gasteiger partial charge on any atom is 0.255 e. The van der Waals surface area contributed by atoms with Crippen molar-refractivity contribution in [3.63, 3.8) is 0 Å². The molecule has 0 saturated carbocycles. The molecule has 0 radical (unpaired) electrons. The molecule has 2 amide bonds. The largest absolute Gasteiger partial charge is 0.336 e. The van der Waals surface area contributed by atoms with Crippen LogP contribution in [0.3, 0.4) is 0 Å². The van der Waals surface area contributed by atoms with E-state index in [4.69, 9.17) is 0 Å². The van der Waals surface area contributed by atoms with E-state index in [2.05, 4.69) is 12.1 Å². The van der Waals surface area contributed by atoms with Gasteiger partial charge in [0.25, 0.3) is 5.91 Å². The van der Waals surface area contributed by atoms with Crippen molar-refractivity contribution in [3.8, 4) is 0 Å². The molecule has 29 heavy (non-hydrogen) atoms. The normalized spacial score (nSPS) is 16.3. The highest BCUT2D eigenvalue weighted by atomic mass is 16.2. The monoisotopic (exact) mass is 382 g/mol. The highest BCUT2D eigenvalue weighted by Gasteiger charge is 2.39. The molecule has 4 heteroatoms. The molecule has 0 aliphatic carbocycles. The molecule has 2 aliphatic heterocycles. The third-order valence-corrected chi connectivity index (χ3v) is 5.95. The topological polar surface area (TPSA) is 40.6 Å². The Morgan fingerprint density at radius 2 is 1.41 bits per heavy atom. The number of hydrogen-bond acceptors (Lipinski definition) is 2. The standard InChI is InChI=1S/C25H22N2O2/c28-24-22-13-7-6-12-21(22)17-27(24)23(19-9-2-1-3-10-19)25(29)26-15-14-18-8-4-5-11-20(18)16-26/h1-13,23H,14-17H2/t23-/m0/s1. The molecule has 2 aliphatic rings. The summed E-state index contributed by atoms with van der Waals surface area (Å²) in [5.41, 5.74) is 5.03. The fourth-order valence-electron chi connectivity index (χ4n) is 4.43. The number of carbonyl (C=O) groups excluding carboxylic acids is 2. The van der Waals surface area contributed by atoms with Crippen LogP contribution in [0.2, 0.25) is 0 Å². The first-order valence-electron chi connectivity index (χ1n) is 10.0. The van der Waals surface area contributed by atoms with Gasteiger partial charge in [-0.05, 0) is 34.7 Å². The van der Waals surface area contributed by atoms with E-state index in [0.29, 0.717) is 25.2 Å². The highest BCUT2D eigenvalue weighted by molar-refractivity contribution is 6.01. The van der Waals surface area contributed by atoms with Crippen molar-refractivity contribution in [2.24, 2.45) is 0 Å². The number of amides is 2. The lowest BCUT2D eigenvalue weighted by Crippen LogP contribution is -2.45. The van der Waals surface area contributed by atoms with E-state index >= 15 is 0 Å². The summed E-state index contributed by atoms with van der Waals surface area (Å²) in [5, 5.41) is 0. The fourth-order valence-corrected chi connectivity index (χ4v) is 4.43. The van der Waals surface area contributed by atoms with E-state index in [1.165, 1.54) is 11.1 Å². The molecule has 144 valence electrons. The zero-order valence-corrected chi connectivity index (χ0v) is 16.1. The first-order valence-corrected chi connectivity index (χ1v) is 10.0. The average molecular weight is 382 g/mol. The maximum atomic E-state index is 13.7. The molecule has 0 aromatic heterocycles. The van der Waals surface area contributed by atoms with E-state index in [9.17, 15) is 9.59 Å². The minimum atomic E-state index is -0.610. The first kappa shape index (κ1) is 17.7. The van der Waals surface area contributed by atoms with E-state index in [0.717, 1.165) is 17.5 Å². The summed E-state index contributed by atoms with van der Waals surface area (Å²) in [6.45, 7) is 1.73. The Morgan fingerprint density at radius 1 is 0.759 bits per heavy atom. The van der Waals surface area contributed by atoms with Gasteiger partial charge in [-0.15, -0.1) is 0 Å². The third-order valence-electron chi connectivity index (χ3n) is 5.95. The predicted molar refractivity (Wildman–Crippen MR) is 111 cm³/mol. The highest BCUT2D eigenvalue weighted by Crippen LogP contribution is 2.33. The smallest absolute Gasteiger partial charge is 0.255 e. The molecule has 3 aromatic rings. The van der Waals surface area contributed by atoms with Gasteiger partial charge < -0.3 is 9.80 Å². The Hall–Kier alpha value is -3.40. The van der Waals surface area contributed by atoms with Crippen molar-refractivity contribution in [1.82, 2.24) is 9.80 Å². The van der Waals surface area contributed by atoms with Gasteiger partial charge in [-0.3, -0.25) is 9.59 Å². The third kappa shape index (κ3) is 3.11. The summed E-state index contributed by atoms with van der Waals surface area (Å²) < 4.78 is 0. The molecule has 2 heterocycles. The number of nitrogens with zero attached hydrogens (tertiary/aromatic N) is 2. The van der Waals surface area contributed by atoms with Crippen LogP contribution < -0.4 is 0 Å². The number of benzene rings is 3. The van der Waals surface area contributed by atoms with Crippen LogP contribution in [0.4, 0.5) is 0 Å². The zero-order chi connectivity index (χ0) is 19.8. The maximum absolute atomic E-state index is 13.7. The van der Waals surface area contributed by atoms with Crippen molar-refractivity contribution in [1.29, 1.82) is 0 Å². The van der Waals surface area contributed by atoms with Crippen LogP contribution >= 0.6 is 0 Å². The second kappa shape index (κ2) is 7.21. The number of fused-ring (bicyclic) bond motifs is 2. The molecule has 0 bridgehead atoms. The summed E-state index contributed by atoms with van der Waals surface area (Å²) in [5.74, 6) is -0.0768. The van der Waals surface area contributed by atoms with Crippen molar-refractivity contribution in [2.45, 2.75) is 25.6 Å². The molecule has 0 unspecified atom stereocenters. The number of hydrogen-bond donors (Lipinski definition) is 0. The van der Waals surface area contributed by atoms with Gasteiger partial charge in [0.15, 0.2) is 0 Å². The SMILES string of the molecule is O=C([C@H](c1ccccc1)N1Cc2ccccc2C1=O)N1CCc2ccccc2C1. The Bertz CT molecular complexity index is 1080. The van der Waals surface area contributed by atoms with Crippen molar-refractivity contribution in [3.05, 3.63) is 107 Å². The lowest BCUT2D eigenvalue weighted by molar-refractivity contribution is -0.137. The Kier molecular flexibility index (Phi) is 4.39. The Morgan fingerprint density at radius 3 is 2.17 bits per heavy atom. The van der Waals surface area contributed by atoms with Crippen molar-refractivity contribution in [2.75, 3.05) is 6.54 Å². The first-order chi connectivity index (χ1) is 14.2. The molecule has 3 aromatic carbocycles. The molecule has 0 spiro atoms. The van der Waals surface area contributed by atoms with E-state index in [1.54, 1.807) is 4.90 Å². The summed E-state index contributed by atoms with van der Waals surface area (Å²) in [7, 11) is 0. The second-order valence-electron chi connectivity index (χ2n) is 7.68. The molecule has 1 atom stereocenters. The zero-order valence-electron chi connectivity index (χ0n) is 16.1. The summed E-state index contributed by atoms with van der Waals surface area (Å²) in [6, 6.07) is 25.0. The molecular formula is C25H22N2O2. The van der Waals surface area contributed by atoms with Crippen molar-refractivity contribution < 1.29 is 9.59 Å². The van der Waals surface area contributed by atoms with Crippen LogP contribution in [0.1, 0.15) is 38.7 Å². The molecule has 0 N–H and O–H groups in total. The van der Waals surface area contributed by atoms with E-state index in [1.807, 2.05) is 71.6 Å². The van der Waals surface area contributed by atoms with Gasteiger partial charge in [-0.25, -0.2) is 0 Å². The lowest BCUT2D eigenvalue weighted by atomic mass is 9.97. The van der Waals surface area contributed by atoms with Crippen LogP contribution in [0.15, 0.2) is 78.9 Å². The van der Waals surface area contributed by atoms with Crippen LogP contribution in [0.25, 0.3) is 0 Å². The lowest BCUT2D eigenvalue weighted by Gasteiger charge is -2.35. The van der Waals surface area contributed by atoms with Gasteiger partial charge in [0.1, 0.15) is 6.04 Å². The van der Waals surface area contributed by atoms with Crippen LogP contribution in [0.5, 0.6) is 0 Å². The molecule has 0 saturated heterocycles. The van der Waals surface area contributed by atoms with Gasteiger partial charge in [-0.1, -0.05) is 72.8 Å². The van der Waals surface area contributed by atoms with Gasteiger partial charge in [0, 0.05) is 25.2 Å². The number of carbonyl (C=O) groups is 2. The molecule has 0 fully saturated rings. The van der Waals surface area contributed by atoms with Gasteiger partial charge in [-0.2, -0.15) is 0 Å². The second-order valence-corrected chi connectivity index (χ2v) is 7.68. The molecule has 5 rings (SSSR count). The van der Waals surface area contributed by atoms with Gasteiger partial charge in [0.05, 0.1) is 0 Å². The van der Waals surface area contributed by atoms with Crippen LogP contribution in [-0.4, -0.2) is 28.2 Å². The van der Waals surface area contributed by atoms with E-state index < -0.39 is 6.04 Å². The summed E-state index contributed by atoms with van der Waals surface area (Å²) >= 11 is 0. The van der Waals surface area contributed by atoms with Crippen molar-refractivity contribution >= 4 is 11.8 Å². The van der Waals surface area contributed by atoms with E-state index in [-0.39, 0.29) is 11.8 Å². The van der Waals surface area contributed by atoms with Gasteiger partial charge in [0.2, 0.25) is 5.91 Å². The molecular weight excluding hydrogens is 360 g/mol. The fraction of sp³-hybridized carbons (Fsp3) is 0.200. The molecule has 4 nitrogen and oxygen atoms in total. The summed E-state index contributed by atoms with van der Waals surface area (Å²) in [6.07, 6.45) is 0.845. The predicted octanol–water partition coefficient (Wildman–Crippen LogP) is 3.97. The quantitative estimate of drug-likeness (QED) is 0.688. The van der Waals surface area contributed by atoms with Gasteiger partial charge >= 0.3 is 0 Å². The Labute approximate surface area is 170 Å². The van der Waals surface area contributed by atoms with Crippen LogP contribution in [-0.2, 0) is 24.3 Å². The Balaban J connectivity index is 1.49. The summed E-state index contributed by atoms with van der Waals surface area (Å²) in [4.78, 5) is 30.5. The minimum Gasteiger partial charge on any atom is -0.336 e. The number of rotatable bonds is 3.